The van der Waals surface area contributed by atoms with Crippen LogP contribution in [0.15, 0.2) is 29.3 Å². The topological polar surface area (TPSA) is 52.1 Å². The lowest BCUT2D eigenvalue weighted by Crippen LogP contribution is -2.46. The van der Waals surface area contributed by atoms with Gasteiger partial charge in [-0.15, -0.1) is 0 Å². The van der Waals surface area contributed by atoms with E-state index in [1.807, 2.05) is 6.92 Å². The lowest BCUT2D eigenvalue weighted by atomic mass is 10.2. The number of nitrogens with one attached hydrogen (secondary N) is 2. The number of guanidine groups is 1. The molecule has 1 aliphatic heterocycles. The number of nitrogens with zero attached hydrogens (tertiary/aromatic N) is 3. The molecule has 0 spiro atoms. The van der Waals surface area contributed by atoms with Gasteiger partial charge in [0.15, 0.2) is 5.96 Å². The predicted molar refractivity (Wildman–Crippen MR) is 115 cm³/mol. The van der Waals surface area contributed by atoms with Gasteiger partial charge in [0.2, 0.25) is 0 Å². The Labute approximate surface area is 165 Å². The number of ether oxygens (including phenoxy) is 1. The molecule has 27 heavy (non-hydrogen) atoms. The van der Waals surface area contributed by atoms with Gasteiger partial charge in [-0.1, -0.05) is 12.1 Å². The number of benzene rings is 1. The SMILES string of the molecule is CCNC(=NCCCN1CCN(c2cccc(C)c2)CC1)NCCOCC. The lowest BCUT2D eigenvalue weighted by molar-refractivity contribution is 0.152. The zero-order chi connectivity index (χ0) is 19.3. The van der Waals surface area contributed by atoms with Crippen LogP contribution in [0.25, 0.3) is 0 Å². The number of hydrogen-bond donors (Lipinski definition) is 2. The first-order chi connectivity index (χ1) is 13.2. The van der Waals surface area contributed by atoms with E-state index in [2.05, 4.69) is 63.5 Å². The molecule has 0 atom stereocenters. The predicted octanol–water partition coefficient (Wildman–Crippen LogP) is 2.10. The summed E-state index contributed by atoms with van der Waals surface area (Å²) in [5.41, 5.74) is 2.69. The second kappa shape index (κ2) is 12.6. The molecule has 0 bridgehead atoms. The Hall–Kier alpha value is -1.79. The highest BCUT2D eigenvalue weighted by Crippen LogP contribution is 2.17. The normalized spacial score (nSPS) is 15.8. The van der Waals surface area contributed by atoms with Crippen molar-refractivity contribution < 1.29 is 4.74 Å². The molecule has 2 rings (SSSR count). The third kappa shape index (κ3) is 8.18. The second-order valence-electron chi connectivity index (χ2n) is 6.91. The van der Waals surface area contributed by atoms with E-state index in [9.17, 15) is 0 Å². The van der Waals surface area contributed by atoms with Gasteiger partial charge in [-0.2, -0.15) is 0 Å². The van der Waals surface area contributed by atoms with Crippen LogP contribution in [0.3, 0.4) is 0 Å². The van der Waals surface area contributed by atoms with Gasteiger partial charge < -0.3 is 20.3 Å². The molecule has 6 heteroatoms. The van der Waals surface area contributed by atoms with Crippen molar-refractivity contribution in [2.45, 2.75) is 27.2 Å². The van der Waals surface area contributed by atoms with Gasteiger partial charge in [0.05, 0.1) is 6.61 Å². The maximum atomic E-state index is 5.36. The lowest BCUT2D eigenvalue weighted by Gasteiger charge is -2.36. The van der Waals surface area contributed by atoms with Gasteiger partial charge in [0, 0.05) is 64.7 Å². The third-order valence-electron chi connectivity index (χ3n) is 4.73. The number of aryl methyl sites for hydroxylation is 1. The Bertz CT molecular complexity index is 555. The van der Waals surface area contributed by atoms with E-state index in [1.165, 1.54) is 11.3 Å². The molecule has 1 aliphatic rings. The zero-order valence-electron chi connectivity index (χ0n) is 17.3. The van der Waals surface area contributed by atoms with Crippen LogP contribution in [0.4, 0.5) is 5.69 Å². The summed E-state index contributed by atoms with van der Waals surface area (Å²) < 4.78 is 5.36. The highest BCUT2D eigenvalue weighted by molar-refractivity contribution is 5.79. The van der Waals surface area contributed by atoms with E-state index in [1.54, 1.807) is 0 Å². The molecule has 1 aromatic carbocycles. The Balaban J connectivity index is 1.65. The van der Waals surface area contributed by atoms with Crippen molar-refractivity contribution in [3.63, 3.8) is 0 Å². The molecule has 0 unspecified atom stereocenters. The monoisotopic (exact) mass is 375 g/mol. The molecular weight excluding hydrogens is 338 g/mol. The Morgan fingerprint density at radius 3 is 2.67 bits per heavy atom. The summed E-state index contributed by atoms with van der Waals surface area (Å²) in [6, 6.07) is 8.82. The highest BCUT2D eigenvalue weighted by Gasteiger charge is 2.16. The van der Waals surface area contributed by atoms with E-state index in [0.717, 1.165) is 71.3 Å². The number of aliphatic imine (C=N–C) groups is 1. The maximum absolute atomic E-state index is 5.36. The minimum atomic E-state index is 0.714. The number of rotatable bonds is 10. The molecule has 6 nitrogen and oxygen atoms in total. The standard InChI is InChI=1S/C21H37N5O/c1-4-22-21(24-11-17-27-5-2)23-10-7-12-25-13-15-26(16-14-25)20-9-6-8-19(3)18-20/h6,8-9,18H,4-5,7,10-17H2,1-3H3,(H2,22,23,24). The molecule has 2 N–H and O–H groups in total. The molecule has 152 valence electrons. The first-order valence-corrected chi connectivity index (χ1v) is 10.4. The van der Waals surface area contributed by atoms with E-state index in [-0.39, 0.29) is 0 Å². The molecule has 0 saturated carbocycles. The van der Waals surface area contributed by atoms with Crippen LogP contribution in [0.2, 0.25) is 0 Å². The van der Waals surface area contributed by atoms with Crippen LogP contribution in [-0.4, -0.2) is 76.4 Å². The molecular formula is C21H37N5O. The van der Waals surface area contributed by atoms with E-state index in [4.69, 9.17) is 4.74 Å². The average molecular weight is 376 g/mol. The molecule has 0 aliphatic carbocycles. The number of anilines is 1. The maximum Gasteiger partial charge on any atom is 0.191 e. The largest absolute Gasteiger partial charge is 0.380 e. The van der Waals surface area contributed by atoms with Gasteiger partial charge in [0.25, 0.3) is 0 Å². The average Bonchev–Trinajstić information content (AvgIpc) is 2.69. The quantitative estimate of drug-likeness (QED) is 0.373. The minimum absolute atomic E-state index is 0.714. The number of piperazine rings is 1. The van der Waals surface area contributed by atoms with Crippen LogP contribution < -0.4 is 15.5 Å². The van der Waals surface area contributed by atoms with Gasteiger partial charge in [-0.3, -0.25) is 9.89 Å². The van der Waals surface area contributed by atoms with Crippen molar-refractivity contribution in [2.24, 2.45) is 4.99 Å². The van der Waals surface area contributed by atoms with Crippen LogP contribution in [-0.2, 0) is 4.74 Å². The van der Waals surface area contributed by atoms with Crippen molar-refractivity contribution in [1.82, 2.24) is 15.5 Å². The first-order valence-electron chi connectivity index (χ1n) is 10.4. The Kier molecular flexibility index (Phi) is 10.0. The molecule has 0 radical (unpaired) electrons. The van der Waals surface area contributed by atoms with Crippen LogP contribution in [0, 0.1) is 6.92 Å². The zero-order valence-corrected chi connectivity index (χ0v) is 17.3. The molecule has 1 heterocycles. The fraction of sp³-hybridized carbons (Fsp3) is 0.667. The summed E-state index contributed by atoms with van der Waals surface area (Å²) in [7, 11) is 0. The summed E-state index contributed by atoms with van der Waals surface area (Å²) in [4.78, 5) is 9.72. The van der Waals surface area contributed by atoms with Crippen LogP contribution in [0.5, 0.6) is 0 Å². The molecule has 1 saturated heterocycles. The summed E-state index contributed by atoms with van der Waals surface area (Å²) in [5, 5.41) is 6.61. The van der Waals surface area contributed by atoms with Gasteiger partial charge in [-0.25, -0.2) is 0 Å². The fourth-order valence-electron chi connectivity index (χ4n) is 3.27. The summed E-state index contributed by atoms with van der Waals surface area (Å²) in [6.07, 6.45) is 1.09. The molecule has 1 fully saturated rings. The van der Waals surface area contributed by atoms with E-state index >= 15 is 0 Å². The molecule has 0 aromatic heterocycles. The van der Waals surface area contributed by atoms with Crippen molar-refractivity contribution in [3.05, 3.63) is 29.8 Å². The van der Waals surface area contributed by atoms with E-state index in [0.29, 0.717) is 6.61 Å². The third-order valence-corrected chi connectivity index (χ3v) is 4.73. The Morgan fingerprint density at radius 2 is 1.96 bits per heavy atom. The highest BCUT2D eigenvalue weighted by atomic mass is 16.5. The van der Waals surface area contributed by atoms with Crippen LogP contribution in [0.1, 0.15) is 25.8 Å². The van der Waals surface area contributed by atoms with Crippen LogP contribution >= 0.6 is 0 Å². The first kappa shape index (κ1) is 21.5. The summed E-state index contributed by atoms with van der Waals surface area (Å²) in [5.74, 6) is 0.890. The summed E-state index contributed by atoms with van der Waals surface area (Å²) in [6.45, 7) is 15.8. The molecule has 1 aromatic rings. The molecule has 0 amide bonds. The van der Waals surface area contributed by atoms with E-state index < -0.39 is 0 Å². The minimum Gasteiger partial charge on any atom is -0.380 e. The van der Waals surface area contributed by atoms with Crippen molar-refractivity contribution in [1.29, 1.82) is 0 Å². The fourth-order valence-corrected chi connectivity index (χ4v) is 3.27. The van der Waals surface area contributed by atoms with Crippen molar-refractivity contribution in [3.8, 4) is 0 Å². The van der Waals surface area contributed by atoms with Gasteiger partial charge in [-0.05, 0) is 44.9 Å². The second-order valence-corrected chi connectivity index (χ2v) is 6.91. The van der Waals surface area contributed by atoms with Crippen molar-refractivity contribution >= 4 is 11.6 Å². The number of hydrogen-bond acceptors (Lipinski definition) is 4. The summed E-state index contributed by atoms with van der Waals surface area (Å²) >= 11 is 0. The smallest absolute Gasteiger partial charge is 0.191 e. The van der Waals surface area contributed by atoms with Gasteiger partial charge >= 0.3 is 0 Å². The Morgan fingerprint density at radius 1 is 1.15 bits per heavy atom. The van der Waals surface area contributed by atoms with Crippen molar-refractivity contribution in [2.75, 3.05) is 70.5 Å². The van der Waals surface area contributed by atoms with Gasteiger partial charge in [0.1, 0.15) is 0 Å².